The SMILES string of the molecule is CC(=O)c1ccc(NS(=O)(=O)c2c(C)nn(-c3ccc(-c4ccccc4)nn3)c2C)cc1. The van der Waals surface area contributed by atoms with Gasteiger partial charge in [0.2, 0.25) is 0 Å². The lowest BCUT2D eigenvalue weighted by molar-refractivity contribution is 0.101. The van der Waals surface area contributed by atoms with E-state index >= 15 is 0 Å². The van der Waals surface area contributed by atoms with Crippen LogP contribution in [0.15, 0.2) is 71.6 Å². The van der Waals surface area contributed by atoms with Gasteiger partial charge in [0, 0.05) is 16.8 Å². The second kappa shape index (κ2) is 8.35. The fourth-order valence-corrected chi connectivity index (χ4v) is 4.87. The van der Waals surface area contributed by atoms with E-state index in [-0.39, 0.29) is 10.7 Å². The molecular formula is C23H21N5O3S. The summed E-state index contributed by atoms with van der Waals surface area (Å²) in [7, 11) is -3.91. The molecule has 2 heterocycles. The molecule has 0 saturated heterocycles. The zero-order valence-electron chi connectivity index (χ0n) is 17.8. The number of aromatic nitrogens is 4. The fourth-order valence-electron chi connectivity index (χ4n) is 3.42. The average Bonchev–Trinajstić information content (AvgIpc) is 3.09. The minimum Gasteiger partial charge on any atom is -0.295 e. The van der Waals surface area contributed by atoms with Crippen LogP contribution >= 0.6 is 0 Å². The molecule has 2 aromatic heterocycles. The molecule has 0 saturated carbocycles. The Hall–Kier alpha value is -3.85. The van der Waals surface area contributed by atoms with Crippen molar-refractivity contribution in [2.24, 2.45) is 0 Å². The average molecular weight is 448 g/mol. The first-order chi connectivity index (χ1) is 15.3. The van der Waals surface area contributed by atoms with Gasteiger partial charge in [-0.25, -0.2) is 13.1 Å². The second-order valence-electron chi connectivity index (χ2n) is 7.29. The third-order valence-corrected chi connectivity index (χ3v) is 6.61. The van der Waals surface area contributed by atoms with Crippen LogP contribution in [0.2, 0.25) is 0 Å². The molecule has 8 nitrogen and oxygen atoms in total. The number of nitrogens with one attached hydrogen (secondary N) is 1. The minimum atomic E-state index is -3.91. The van der Waals surface area contributed by atoms with E-state index in [1.807, 2.05) is 36.4 Å². The molecule has 0 aliphatic rings. The summed E-state index contributed by atoms with van der Waals surface area (Å²) in [6, 6.07) is 19.5. The summed E-state index contributed by atoms with van der Waals surface area (Å²) in [4.78, 5) is 11.5. The maximum absolute atomic E-state index is 13.1. The normalized spacial score (nSPS) is 11.3. The van der Waals surface area contributed by atoms with Crippen molar-refractivity contribution in [2.75, 3.05) is 4.72 Å². The molecular weight excluding hydrogens is 426 g/mol. The molecule has 0 spiro atoms. The lowest BCUT2D eigenvalue weighted by atomic mass is 10.1. The summed E-state index contributed by atoms with van der Waals surface area (Å²) in [5.74, 6) is 0.323. The fraction of sp³-hybridized carbons (Fsp3) is 0.130. The number of carbonyl (C=O) groups excluding carboxylic acids is 1. The lowest BCUT2D eigenvalue weighted by Crippen LogP contribution is -2.15. The Labute approximate surface area is 186 Å². The van der Waals surface area contributed by atoms with Gasteiger partial charge in [0.05, 0.1) is 17.1 Å². The van der Waals surface area contributed by atoms with Gasteiger partial charge in [0.1, 0.15) is 4.90 Å². The van der Waals surface area contributed by atoms with Crippen molar-refractivity contribution >= 4 is 21.5 Å². The largest absolute Gasteiger partial charge is 0.295 e. The van der Waals surface area contributed by atoms with Crippen LogP contribution in [0.1, 0.15) is 28.7 Å². The van der Waals surface area contributed by atoms with Gasteiger partial charge in [-0.15, -0.1) is 10.2 Å². The number of carbonyl (C=O) groups is 1. The number of hydrogen-bond acceptors (Lipinski definition) is 6. The van der Waals surface area contributed by atoms with Gasteiger partial charge in [-0.3, -0.25) is 9.52 Å². The first kappa shape index (κ1) is 21.4. The highest BCUT2D eigenvalue weighted by Crippen LogP contribution is 2.25. The molecule has 0 radical (unpaired) electrons. The molecule has 0 fully saturated rings. The van der Waals surface area contributed by atoms with Crippen LogP contribution in [0.4, 0.5) is 5.69 Å². The van der Waals surface area contributed by atoms with Gasteiger partial charge >= 0.3 is 0 Å². The van der Waals surface area contributed by atoms with Gasteiger partial charge in [-0.1, -0.05) is 30.3 Å². The summed E-state index contributed by atoms with van der Waals surface area (Å²) in [5, 5.41) is 12.9. The Morgan fingerprint density at radius 2 is 1.59 bits per heavy atom. The van der Waals surface area contributed by atoms with Crippen LogP contribution in [0, 0.1) is 13.8 Å². The molecule has 32 heavy (non-hydrogen) atoms. The Morgan fingerprint density at radius 1 is 0.906 bits per heavy atom. The van der Waals surface area contributed by atoms with E-state index in [1.54, 1.807) is 44.2 Å². The first-order valence-corrected chi connectivity index (χ1v) is 11.3. The van der Waals surface area contributed by atoms with Crippen molar-refractivity contribution in [3.63, 3.8) is 0 Å². The summed E-state index contributed by atoms with van der Waals surface area (Å²) in [5.41, 5.74) is 3.25. The molecule has 9 heteroatoms. The summed E-state index contributed by atoms with van der Waals surface area (Å²) in [6.45, 7) is 4.75. The highest BCUT2D eigenvalue weighted by atomic mass is 32.2. The number of hydrogen-bond donors (Lipinski definition) is 1. The summed E-state index contributed by atoms with van der Waals surface area (Å²) >= 11 is 0. The van der Waals surface area contributed by atoms with Gasteiger partial charge in [0.25, 0.3) is 10.0 Å². The number of aryl methyl sites for hydroxylation is 1. The van der Waals surface area contributed by atoms with Crippen LogP contribution in [0.3, 0.4) is 0 Å². The van der Waals surface area contributed by atoms with Gasteiger partial charge in [-0.05, 0) is 57.2 Å². The molecule has 0 bridgehead atoms. The van der Waals surface area contributed by atoms with E-state index in [9.17, 15) is 13.2 Å². The highest BCUT2D eigenvalue weighted by molar-refractivity contribution is 7.92. The number of rotatable bonds is 6. The van der Waals surface area contributed by atoms with Crippen molar-refractivity contribution in [3.05, 3.63) is 83.7 Å². The maximum atomic E-state index is 13.1. The monoisotopic (exact) mass is 447 g/mol. The Morgan fingerprint density at radius 3 is 2.19 bits per heavy atom. The highest BCUT2D eigenvalue weighted by Gasteiger charge is 2.26. The third-order valence-electron chi connectivity index (χ3n) is 4.97. The van der Waals surface area contributed by atoms with Gasteiger partial charge in [-0.2, -0.15) is 5.10 Å². The molecule has 0 aliphatic heterocycles. The van der Waals surface area contributed by atoms with Crippen molar-refractivity contribution in [1.29, 1.82) is 0 Å². The molecule has 2 aromatic carbocycles. The number of ketones is 1. The molecule has 0 unspecified atom stereocenters. The van der Waals surface area contributed by atoms with Crippen LogP contribution in [0.5, 0.6) is 0 Å². The maximum Gasteiger partial charge on any atom is 0.265 e. The molecule has 4 rings (SSSR count). The van der Waals surface area contributed by atoms with E-state index in [0.29, 0.717) is 34.2 Å². The predicted molar refractivity (Wildman–Crippen MR) is 121 cm³/mol. The van der Waals surface area contributed by atoms with Crippen molar-refractivity contribution in [2.45, 2.75) is 25.7 Å². The standard InChI is InChI=1S/C23H21N5O3S/c1-15-23(32(30,31)27-20-11-9-18(10-12-20)17(3)29)16(2)28(26-15)22-14-13-21(24-25-22)19-7-5-4-6-8-19/h4-14,27H,1-3H3. The second-order valence-corrected chi connectivity index (χ2v) is 8.91. The van der Waals surface area contributed by atoms with Crippen LogP contribution in [-0.4, -0.2) is 34.2 Å². The summed E-state index contributed by atoms with van der Waals surface area (Å²) in [6.07, 6.45) is 0. The van der Waals surface area contributed by atoms with E-state index < -0.39 is 10.0 Å². The quantitative estimate of drug-likeness (QED) is 0.449. The van der Waals surface area contributed by atoms with E-state index in [0.717, 1.165) is 5.56 Å². The number of Topliss-reactive ketones (excluding diaryl/α,β-unsaturated/α-hetero) is 1. The molecule has 0 atom stereocenters. The van der Waals surface area contributed by atoms with E-state index in [4.69, 9.17) is 0 Å². The van der Waals surface area contributed by atoms with E-state index in [1.165, 1.54) is 11.6 Å². The number of anilines is 1. The van der Waals surface area contributed by atoms with Crippen LogP contribution in [0.25, 0.3) is 17.1 Å². The first-order valence-electron chi connectivity index (χ1n) is 9.86. The number of nitrogens with zero attached hydrogens (tertiary/aromatic N) is 4. The lowest BCUT2D eigenvalue weighted by Gasteiger charge is -2.09. The smallest absolute Gasteiger partial charge is 0.265 e. The Kier molecular flexibility index (Phi) is 5.58. The topological polar surface area (TPSA) is 107 Å². The zero-order valence-corrected chi connectivity index (χ0v) is 18.6. The Balaban J connectivity index is 1.64. The third kappa shape index (κ3) is 4.15. The Bertz CT molecular complexity index is 1380. The van der Waals surface area contributed by atoms with Gasteiger partial charge in [0.15, 0.2) is 11.6 Å². The molecule has 1 N–H and O–H groups in total. The van der Waals surface area contributed by atoms with Crippen LogP contribution < -0.4 is 4.72 Å². The van der Waals surface area contributed by atoms with Crippen molar-refractivity contribution < 1.29 is 13.2 Å². The molecule has 0 amide bonds. The molecule has 0 aliphatic carbocycles. The minimum absolute atomic E-state index is 0.0714. The van der Waals surface area contributed by atoms with Crippen molar-refractivity contribution in [1.82, 2.24) is 20.0 Å². The van der Waals surface area contributed by atoms with Crippen LogP contribution in [-0.2, 0) is 10.0 Å². The predicted octanol–water partition coefficient (Wildman–Crippen LogP) is 3.95. The van der Waals surface area contributed by atoms with Crippen molar-refractivity contribution in [3.8, 4) is 17.1 Å². The molecule has 162 valence electrons. The van der Waals surface area contributed by atoms with Gasteiger partial charge < -0.3 is 0 Å². The number of benzene rings is 2. The van der Waals surface area contributed by atoms with E-state index in [2.05, 4.69) is 20.0 Å². The molecule has 4 aromatic rings. The summed E-state index contributed by atoms with van der Waals surface area (Å²) < 4.78 is 30.2. The zero-order chi connectivity index (χ0) is 22.9. The number of sulfonamides is 1.